The summed E-state index contributed by atoms with van der Waals surface area (Å²) < 4.78 is 5.52. The molecule has 0 saturated carbocycles. The van der Waals surface area contributed by atoms with Crippen LogP contribution < -0.4 is 0 Å². The van der Waals surface area contributed by atoms with E-state index in [0.717, 1.165) is 43.5 Å². The maximum absolute atomic E-state index is 12.7. The van der Waals surface area contributed by atoms with E-state index in [1.165, 1.54) is 11.1 Å². The van der Waals surface area contributed by atoms with Crippen molar-refractivity contribution in [1.82, 2.24) is 19.9 Å². The molecule has 1 aromatic heterocycles. The fourth-order valence-corrected chi connectivity index (χ4v) is 4.89. The zero-order chi connectivity index (χ0) is 23.5. The Hall–Kier alpha value is -3.32. The van der Waals surface area contributed by atoms with E-state index in [9.17, 15) is 9.59 Å². The molecule has 34 heavy (non-hydrogen) atoms. The highest BCUT2D eigenvalue weighted by Crippen LogP contribution is 2.25. The quantitative estimate of drug-likeness (QED) is 0.496. The first-order valence-corrected chi connectivity index (χ1v) is 12.1. The first-order chi connectivity index (χ1) is 16.6. The monoisotopic (exact) mass is 458 g/mol. The second kappa shape index (κ2) is 9.89. The van der Waals surface area contributed by atoms with Crippen molar-refractivity contribution >= 4 is 11.7 Å². The van der Waals surface area contributed by atoms with Gasteiger partial charge in [-0.3, -0.25) is 14.5 Å². The van der Waals surface area contributed by atoms with Crippen LogP contribution in [0.5, 0.6) is 0 Å². The number of rotatable bonds is 7. The summed E-state index contributed by atoms with van der Waals surface area (Å²) in [4.78, 5) is 34.1. The van der Waals surface area contributed by atoms with E-state index in [-0.39, 0.29) is 30.6 Å². The van der Waals surface area contributed by atoms with Crippen LogP contribution in [-0.4, -0.2) is 57.8 Å². The molecule has 7 heteroatoms. The summed E-state index contributed by atoms with van der Waals surface area (Å²) in [6.07, 6.45) is 3.84. The summed E-state index contributed by atoms with van der Waals surface area (Å²) in [6, 6.07) is 15.8. The van der Waals surface area contributed by atoms with Gasteiger partial charge < -0.3 is 9.42 Å². The number of benzene rings is 2. The van der Waals surface area contributed by atoms with Gasteiger partial charge in [-0.25, -0.2) is 0 Å². The van der Waals surface area contributed by atoms with Crippen LogP contribution in [0.3, 0.4) is 0 Å². The highest BCUT2D eigenvalue weighted by molar-refractivity contribution is 5.98. The molecule has 1 amide bonds. The summed E-state index contributed by atoms with van der Waals surface area (Å²) in [7, 11) is 0. The molecule has 176 valence electrons. The largest absolute Gasteiger partial charge is 0.340 e. The highest BCUT2D eigenvalue weighted by Gasteiger charge is 2.28. The maximum atomic E-state index is 12.7. The van der Waals surface area contributed by atoms with E-state index in [2.05, 4.69) is 28.0 Å². The molecule has 0 spiro atoms. The molecule has 1 fully saturated rings. The van der Waals surface area contributed by atoms with Crippen LogP contribution in [0, 0.1) is 0 Å². The summed E-state index contributed by atoms with van der Waals surface area (Å²) >= 11 is 0. The van der Waals surface area contributed by atoms with Crippen LogP contribution in [0.2, 0.25) is 0 Å². The third-order valence-electron chi connectivity index (χ3n) is 7.03. The van der Waals surface area contributed by atoms with Crippen molar-refractivity contribution in [1.29, 1.82) is 0 Å². The van der Waals surface area contributed by atoms with Crippen LogP contribution in [0.1, 0.15) is 59.6 Å². The number of fused-ring (bicyclic) bond motifs is 1. The Balaban J connectivity index is 1.10. The number of carbonyl (C=O) groups excluding carboxylic acids is 2. The summed E-state index contributed by atoms with van der Waals surface area (Å²) in [5.74, 6) is 1.27. The van der Waals surface area contributed by atoms with Gasteiger partial charge in [-0.1, -0.05) is 47.6 Å². The molecule has 2 aliphatic rings. The van der Waals surface area contributed by atoms with E-state index in [0.29, 0.717) is 24.8 Å². The number of amides is 1. The third-order valence-corrected chi connectivity index (χ3v) is 7.03. The minimum absolute atomic E-state index is 0.0244. The molecule has 1 unspecified atom stereocenters. The van der Waals surface area contributed by atoms with Gasteiger partial charge in [-0.05, 0) is 43.4 Å². The van der Waals surface area contributed by atoms with Gasteiger partial charge in [0.25, 0.3) is 0 Å². The van der Waals surface area contributed by atoms with Gasteiger partial charge >= 0.3 is 0 Å². The molecule has 0 radical (unpaired) electrons. The Morgan fingerprint density at radius 1 is 0.971 bits per heavy atom. The molecule has 1 aliphatic carbocycles. The Bertz CT molecular complexity index is 1170. The molecule has 2 heterocycles. The van der Waals surface area contributed by atoms with Gasteiger partial charge in [0.2, 0.25) is 17.6 Å². The van der Waals surface area contributed by atoms with Gasteiger partial charge in [0.1, 0.15) is 0 Å². The lowest BCUT2D eigenvalue weighted by atomic mass is 10.0. The van der Waals surface area contributed by atoms with Crippen LogP contribution in [0.4, 0.5) is 0 Å². The topological polar surface area (TPSA) is 79.5 Å². The SMILES string of the molecule is CC(c1nc(-c2ccccc2)no1)N1CCN(C(=O)CCC(=O)c2ccc3c(c2)CCC3)CC1. The second-order valence-corrected chi connectivity index (χ2v) is 9.18. The molecule has 5 rings (SSSR count). The molecule has 0 N–H and O–H groups in total. The van der Waals surface area contributed by atoms with Crippen molar-refractivity contribution in [2.75, 3.05) is 26.2 Å². The first-order valence-electron chi connectivity index (χ1n) is 12.1. The number of aryl methyl sites for hydroxylation is 2. The molecule has 7 nitrogen and oxygen atoms in total. The molecule has 1 atom stereocenters. The number of Topliss-reactive ketones (excluding diaryl/α,β-unsaturated/α-hetero) is 1. The van der Waals surface area contributed by atoms with Crippen LogP contribution >= 0.6 is 0 Å². The number of carbonyl (C=O) groups is 2. The Kier molecular flexibility index (Phi) is 6.54. The molecule has 1 saturated heterocycles. The minimum atomic E-state index is -0.0244. The van der Waals surface area contributed by atoms with Crippen LogP contribution in [-0.2, 0) is 17.6 Å². The zero-order valence-corrected chi connectivity index (χ0v) is 19.6. The van der Waals surface area contributed by atoms with E-state index < -0.39 is 0 Å². The molecule has 2 aromatic carbocycles. The fraction of sp³-hybridized carbons (Fsp3) is 0.407. The molecular weight excluding hydrogens is 428 g/mol. The third kappa shape index (κ3) is 4.80. The van der Waals surface area contributed by atoms with Crippen molar-refractivity contribution in [2.45, 2.75) is 45.1 Å². The Morgan fingerprint density at radius 2 is 1.74 bits per heavy atom. The number of hydrogen-bond acceptors (Lipinski definition) is 6. The van der Waals surface area contributed by atoms with E-state index in [1.54, 1.807) is 0 Å². The lowest BCUT2D eigenvalue weighted by molar-refractivity contribution is -0.133. The van der Waals surface area contributed by atoms with E-state index in [1.807, 2.05) is 47.4 Å². The number of ketones is 1. The number of nitrogens with zero attached hydrogens (tertiary/aromatic N) is 4. The standard InChI is InChI=1S/C27H30N4O3/c1-19(27-28-26(29-34-27)21-6-3-2-4-7-21)30-14-16-31(17-15-30)25(33)13-12-24(32)23-11-10-20-8-5-9-22(20)18-23/h2-4,6-7,10-11,18-19H,5,8-9,12-17H2,1H3. The second-order valence-electron chi connectivity index (χ2n) is 9.18. The predicted molar refractivity (Wildman–Crippen MR) is 128 cm³/mol. The van der Waals surface area contributed by atoms with Crippen LogP contribution in [0.15, 0.2) is 53.1 Å². The Morgan fingerprint density at radius 3 is 2.53 bits per heavy atom. The van der Waals surface area contributed by atoms with Crippen LogP contribution in [0.25, 0.3) is 11.4 Å². The van der Waals surface area contributed by atoms with Crippen molar-refractivity contribution in [3.8, 4) is 11.4 Å². The Labute approximate surface area is 199 Å². The molecule has 0 bridgehead atoms. The predicted octanol–water partition coefficient (Wildman–Crippen LogP) is 4.09. The summed E-state index contributed by atoms with van der Waals surface area (Å²) in [5.41, 5.74) is 4.31. The fourth-order valence-electron chi connectivity index (χ4n) is 4.89. The van der Waals surface area contributed by atoms with Crippen molar-refractivity contribution in [3.05, 3.63) is 71.1 Å². The highest BCUT2D eigenvalue weighted by atomic mass is 16.5. The summed E-state index contributed by atoms with van der Waals surface area (Å²) in [6.45, 7) is 4.78. The smallest absolute Gasteiger partial charge is 0.244 e. The van der Waals surface area contributed by atoms with Crippen molar-refractivity contribution in [2.24, 2.45) is 0 Å². The van der Waals surface area contributed by atoms with Gasteiger partial charge in [0, 0.05) is 50.1 Å². The number of hydrogen-bond donors (Lipinski definition) is 0. The van der Waals surface area contributed by atoms with Gasteiger partial charge in [0.05, 0.1) is 6.04 Å². The minimum Gasteiger partial charge on any atom is -0.340 e. The maximum Gasteiger partial charge on any atom is 0.244 e. The van der Waals surface area contributed by atoms with Crippen molar-refractivity contribution < 1.29 is 14.1 Å². The summed E-state index contributed by atoms with van der Waals surface area (Å²) in [5, 5.41) is 4.12. The molecule has 3 aromatic rings. The van der Waals surface area contributed by atoms with Crippen molar-refractivity contribution in [3.63, 3.8) is 0 Å². The average molecular weight is 459 g/mol. The lowest BCUT2D eigenvalue weighted by Gasteiger charge is -2.36. The number of piperazine rings is 1. The van der Waals surface area contributed by atoms with Gasteiger partial charge in [-0.15, -0.1) is 0 Å². The van der Waals surface area contributed by atoms with Gasteiger partial charge in [-0.2, -0.15) is 4.98 Å². The lowest BCUT2D eigenvalue weighted by Crippen LogP contribution is -2.49. The van der Waals surface area contributed by atoms with Gasteiger partial charge in [0.15, 0.2) is 5.78 Å². The first kappa shape index (κ1) is 22.5. The van der Waals surface area contributed by atoms with E-state index in [4.69, 9.17) is 4.52 Å². The molecule has 1 aliphatic heterocycles. The average Bonchev–Trinajstić information content (AvgIpc) is 3.57. The number of aromatic nitrogens is 2. The molecular formula is C27H30N4O3. The normalized spacial score (nSPS) is 16.9. The zero-order valence-electron chi connectivity index (χ0n) is 19.6. The van der Waals surface area contributed by atoms with E-state index >= 15 is 0 Å².